The van der Waals surface area contributed by atoms with E-state index in [0.717, 1.165) is 0 Å². The highest BCUT2D eigenvalue weighted by atomic mass is 16.5. The van der Waals surface area contributed by atoms with Crippen molar-refractivity contribution in [1.29, 1.82) is 0 Å². The summed E-state index contributed by atoms with van der Waals surface area (Å²) < 4.78 is 15.6. The minimum absolute atomic E-state index is 0.410. The Morgan fingerprint density at radius 3 is 2.33 bits per heavy atom. The number of methoxy groups -OCH3 is 3. The predicted molar refractivity (Wildman–Crippen MR) is 67.5 cm³/mol. The molecule has 1 aromatic carbocycles. The molecule has 0 spiro atoms. The van der Waals surface area contributed by atoms with E-state index >= 15 is 0 Å². The molecule has 0 atom stereocenters. The van der Waals surface area contributed by atoms with Gasteiger partial charge in [0.1, 0.15) is 0 Å². The summed E-state index contributed by atoms with van der Waals surface area (Å²) >= 11 is 0. The average molecular weight is 252 g/mol. The van der Waals surface area contributed by atoms with Crippen molar-refractivity contribution in [2.24, 2.45) is 5.84 Å². The summed E-state index contributed by atoms with van der Waals surface area (Å²) in [4.78, 5) is 11.0. The number of nitrogens with one attached hydrogen (secondary N) is 1. The summed E-state index contributed by atoms with van der Waals surface area (Å²) in [7, 11) is 4.56. The van der Waals surface area contributed by atoms with Crippen molar-refractivity contribution in [2.45, 2.75) is 0 Å². The third kappa shape index (κ3) is 2.92. The molecule has 0 bridgehead atoms. The fraction of sp³-hybridized carbons (Fsp3) is 0.250. The number of benzene rings is 1. The maximum Gasteiger partial charge on any atom is 0.257 e. The lowest BCUT2D eigenvalue weighted by Gasteiger charge is -2.13. The van der Waals surface area contributed by atoms with Crippen LogP contribution in [0, 0.1) is 0 Å². The molecule has 0 aromatic heterocycles. The van der Waals surface area contributed by atoms with Crippen LogP contribution in [0.5, 0.6) is 17.2 Å². The molecule has 0 aliphatic rings. The van der Waals surface area contributed by atoms with Crippen LogP contribution in [0.3, 0.4) is 0 Å². The Kier molecular flexibility index (Phi) is 5.01. The smallest absolute Gasteiger partial charge is 0.257 e. The van der Waals surface area contributed by atoms with Gasteiger partial charge in [0.15, 0.2) is 11.5 Å². The first-order valence-corrected chi connectivity index (χ1v) is 5.15. The zero-order valence-corrected chi connectivity index (χ0v) is 10.5. The van der Waals surface area contributed by atoms with E-state index in [2.05, 4.69) is 0 Å². The van der Waals surface area contributed by atoms with E-state index in [1.54, 1.807) is 18.2 Å². The first-order valence-electron chi connectivity index (χ1n) is 5.15. The molecule has 98 valence electrons. The molecule has 1 aromatic rings. The molecule has 1 amide bonds. The SMILES string of the molecule is COc1ccc(/C=C/C(=O)NN)c(OC)c1OC. The molecule has 0 aliphatic heterocycles. The van der Waals surface area contributed by atoms with Crippen molar-refractivity contribution < 1.29 is 19.0 Å². The van der Waals surface area contributed by atoms with Crippen molar-refractivity contribution in [3.05, 3.63) is 23.8 Å². The Bertz CT molecular complexity index is 458. The molecular weight excluding hydrogens is 236 g/mol. The Morgan fingerprint density at radius 1 is 1.17 bits per heavy atom. The number of carbonyl (C=O) groups is 1. The predicted octanol–water partition coefficient (Wildman–Crippen LogP) is 0.716. The molecule has 0 fully saturated rings. The van der Waals surface area contributed by atoms with Gasteiger partial charge in [0.25, 0.3) is 5.91 Å². The number of hydrazine groups is 1. The number of hydrogen-bond donors (Lipinski definition) is 2. The lowest BCUT2D eigenvalue weighted by atomic mass is 10.1. The van der Waals surface area contributed by atoms with Crippen LogP contribution in [0.1, 0.15) is 5.56 Å². The van der Waals surface area contributed by atoms with Crippen molar-refractivity contribution >= 4 is 12.0 Å². The van der Waals surface area contributed by atoms with Crippen molar-refractivity contribution in [2.75, 3.05) is 21.3 Å². The maximum atomic E-state index is 11.0. The van der Waals surface area contributed by atoms with Gasteiger partial charge < -0.3 is 14.2 Å². The van der Waals surface area contributed by atoms with E-state index in [1.807, 2.05) is 5.43 Å². The van der Waals surface area contributed by atoms with Crippen molar-refractivity contribution in [1.82, 2.24) is 5.43 Å². The van der Waals surface area contributed by atoms with Gasteiger partial charge in [0.05, 0.1) is 21.3 Å². The molecule has 0 radical (unpaired) electrons. The van der Waals surface area contributed by atoms with E-state index in [0.29, 0.717) is 22.8 Å². The van der Waals surface area contributed by atoms with Crippen LogP contribution in [0.4, 0.5) is 0 Å². The fourth-order valence-corrected chi connectivity index (χ4v) is 1.47. The molecule has 1 rings (SSSR count). The Hall–Kier alpha value is -2.21. The molecule has 6 heteroatoms. The normalized spacial score (nSPS) is 10.2. The number of carbonyl (C=O) groups excluding carboxylic acids is 1. The third-order valence-electron chi connectivity index (χ3n) is 2.29. The number of amides is 1. The van der Waals surface area contributed by atoms with Crippen LogP contribution in [0.25, 0.3) is 6.08 Å². The quantitative estimate of drug-likeness (QED) is 0.349. The molecule has 0 saturated heterocycles. The van der Waals surface area contributed by atoms with E-state index in [-0.39, 0.29) is 0 Å². The minimum atomic E-state index is -0.410. The van der Waals surface area contributed by atoms with E-state index < -0.39 is 5.91 Å². The second-order valence-electron chi connectivity index (χ2n) is 3.27. The number of rotatable bonds is 5. The molecule has 18 heavy (non-hydrogen) atoms. The van der Waals surface area contributed by atoms with Crippen LogP contribution in [0.15, 0.2) is 18.2 Å². The zero-order valence-electron chi connectivity index (χ0n) is 10.5. The summed E-state index contributed by atoms with van der Waals surface area (Å²) in [5.41, 5.74) is 2.68. The van der Waals surface area contributed by atoms with Gasteiger partial charge in [-0.1, -0.05) is 0 Å². The number of nitrogens with two attached hydrogens (primary N) is 1. The standard InChI is InChI=1S/C12H16N2O4/c1-16-9-6-4-8(5-7-10(15)14-13)11(17-2)12(9)18-3/h4-7H,13H2,1-3H3,(H,14,15)/b7-5+. The average Bonchev–Trinajstić information content (AvgIpc) is 2.43. The Labute approximate surface area is 105 Å². The van der Waals surface area contributed by atoms with Crippen LogP contribution in [-0.4, -0.2) is 27.2 Å². The third-order valence-corrected chi connectivity index (χ3v) is 2.29. The van der Waals surface area contributed by atoms with E-state index in [1.165, 1.54) is 27.4 Å². The topological polar surface area (TPSA) is 82.8 Å². The van der Waals surface area contributed by atoms with E-state index in [9.17, 15) is 4.79 Å². The van der Waals surface area contributed by atoms with E-state index in [4.69, 9.17) is 20.1 Å². The lowest BCUT2D eigenvalue weighted by molar-refractivity contribution is -0.116. The summed E-state index contributed by atoms with van der Waals surface area (Å²) in [6.07, 6.45) is 2.87. The van der Waals surface area contributed by atoms with Gasteiger partial charge >= 0.3 is 0 Å². The van der Waals surface area contributed by atoms with Crippen LogP contribution in [-0.2, 0) is 4.79 Å². The largest absolute Gasteiger partial charge is 0.493 e. The highest BCUT2D eigenvalue weighted by Gasteiger charge is 2.14. The first kappa shape index (κ1) is 13.9. The second-order valence-corrected chi connectivity index (χ2v) is 3.27. The van der Waals surface area contributed by atoms with Gasteiger partial charge in [-0.25, -0.2) is 5.84 Å². The van der Waals surface area contributed by atoms with Gasteiger partial charge in [-0.05, 0) is 18.2 Å². The molecule has 0 saturated carbocycles. The summed E-state index contributed by atoms with van der Waals surface area (Å²) in [5.74, 6) is 6.07. The molecule has 3 N–H and O–H groups in total. The van der Waals surface area contributed by atoms with Gasteiger partial charge in [-0.2, -0.15) is 0 Å². The maximum absolute atomic E-state index is 11.0. The summed E-state index contributed by atoms with van der Waals surface area (Å²) in [5, 5.41) is 0. The molecule has 6 nitrogen and oxygen atoms in total. The molecule has 0 heterocycles. The fourth-order valence-electron chi connectivity index (χ4n) is 1.47. The minimum Gasteiger partial charge on any atom is -0.493 e. The van der Waals surface area contributed by atoms with Crippen LogP contribution >= 0.6 is 0 Å². The summed E-state index contributed by atoms with van der Waals surface area (Å²) in [6.45, 7) is 0. The number of ether oxygens (including phenoxy) is 3. The molecule has 0 unspecified atom stereocenters. The van der Waals surface area contributed by atoms with Gasteiger partial charge in [-0.3, -0.25) is 10.2 Å². The highest BCUT2D eigenvalue weighted by molar-refractivity contribution is 5.91. The first-order chi connectivity index (χ1) is 8.67. The zero-order chi connectivity index (χ0) is 13.5. The molecule has 0 aliphatic carbocycles. The number of hydrogen-bond acceptors (Lipinski definition) is 5. The van der Waals surface area contributed by atoms with Crippen molar-refractivity contribution in [3.8, 4) is 17.2 Å². The Morgan fingerprint density at radius 2 is 1.83 bits per heavy atom. The Balaban J connectivity index is 3.20. The highest BCUT2D eigenvalue weighted by Crippen LogP contribution is 2.40. The van der Waals surface area contributed by atoms with Gasteiger partial charge in [-0.15, -0.1) is 0 Å². The van der Waals surface area contributed by atoms with Gasteiger partial charge in [0.2, 0.25) is 5.75 Å². The van der Waals surface area contributed by atoms with Crippen molar-refractivity contribution in [3.63, 3.8) is 0 Å². The lowest BCUT2D eigenvalue weighted by Crippen LogP contribution is -2.27. The van der Waals surface area contributed by atoms with Gasteiger partial charge in [0, 0.05) is 11.6 Å². The molecular formula is C12H16N2O4. The van der Waals surface area contributed by atoms with Crippen LogP contribution < -0.4 is 25.5 Å². The monoisotopic (exact) mass is 252 g/mol. The summed E-state index contributed by atoms with van der Waals surface area (Å²) in [6, 6.07) is 3.47. The van der Waals surface area contributed by atoms with Crippen LogP contribution in [0.2, 0.25) is 0 Å². The second kappa shape index (κ2) is 6.51.